The first kappa shape index (κ1) is 8.10. The highest BCUT2D eigenvalue weighted by molar-refractivity contribution is 4.99. The second kappa shape index (κ2) is 3.08. The van der Waals surface area contributed by atoms with Gasteiger partial charge in [-0.2, -0.15) is 0 Å². The van der Waals surface area contributed by atoms with Crippen LogP contribution < -0.4 is 5.73 Å². The average Bonchev–Trinajstić information content (AvgIpc) is 2.55. The van der Waals surface area contributed by atoms with Crippen LogP contribution in [0.2, 0.25) is 0 Å². The highest BCUT2D eigenvalue weighted by atomic mass is 15.2. The Hall–Kier alpha value is -0.520. The molecule has 3 atom stereocenters. The number of fused-ring (bicyclic) bond motifs is 1. The van der Waals surface area contributed by atoms with E-state index in [-0.39, 0.29) is 0 Å². The molecule has 1 saturated carbocycles. The zero-order valence-corrected chi connectivity index (χ0v) is 7.37. The van der Waals surface area contributed by atoms with Crippen LogP contribution in [0.4, 0.5) is 0 Å². The predicted octanol–water partition coefficient (Wildman–Crippen LogP) is 0.289. The van der Waals surface area contributed by atoms with Gasteiger partial charge in [-0.3, -0.25) is 4.90 Å². The predicted molar refractivity (Wildman–Crippen MR) is 49.5 cm³/mol. The van der Waals surface area contributed by atoms with E-state index in [1.807, 2.05) is 0 Å². The van der Waals surface area contributed by atoms with Gasteiger partial charge in [0.05, 0.1) is 6.54 Å². The van der Waals surface area contributed by atoms with Gasteiger partial charge in [0, 0.05) is 19.1 Å². The van der Waals surface area contributed by atoms with Gasteiger partial charge in [0.1, 0.15) is 0 Å². The molecule has 0 spiro atoms. The standard InChI is InChI=1S/C10H16N2/c1-2-5-12-6-8-3-4-10(11)9(8)7-12/h1,8-10H,3-7,11H2/t8-,9+,10?/m0/s1. The van der Waals surface area contributed by atoms with Gasteiger partial charge in [0.2, 0.25) is 0 Å². The molecule has 12 heavy (non-hydrogen) atoms. The molecular formula is C10H16N2. The van der Waals surface area contributed by atoms with Gasteiger partial charge in [-0.1, -0.05) is 5.92 Å². The molecule has 1 aliphatic heterocycles. The fourth-order valence-electron chi connectivity index (χ4n) is 2.66. The van der Waals surface area contributed by atoms with Crippen LogP contribution in [0.5, 0.6) is 0 Å². The summed E-state index contributed by atoms with van der Waals surface area (Å²) in [5.41, 5.74) is 6.00. The number of terminal acetylenes is 1. The molecule has 2 N–H and O–H groups in total. The van der Waals surface area contributed by atoms with Gasteiger partial charge in [0.25, 0.3) is 0 Å². The van der Waals surface area contributed by atoms with E-state index in [1.54, 1.807) is 0 Å². The Morgan fingerprint density at radius 1 is 1.42 bits per heavy atom. The van der Waals surface area contributed by atoms with Crippen molar-refractivity contribution in [2.24, 2.45) is 17.6 Å². The SMILES string of the molecule is C#CCN1C[C@@H]2CCC(N)[C@@H]2C1. The van der Waals surface area contributed by atoms with Crippen LogP contribution in [0.3, 0.4) is 0 Å². The number of nitrogens with zero attached hydrogens (tertiary/aromatic N) is 1. The van der Waals surface area contributed by atoms with Crippen molar-refractivity contribution >= 4 is 0 Å². The van der Waals surface area contributed by atoms with Crippen molar-refractivity contribution in [3.8, 4) is 12.3 Å². The van der Waals surface area contributed by atoms with Gasteiger partial charge >= 0.3 is 0 Å². The maximum atomic E-state index is 6.00. The highest BCUT2D eigenvalue weighted by Gasteiger charge is 2.40. The van der Waals surface area contributed by atoms with Crippen molar-refractivity contribution < 1.29 is 0 Å². The minimum absolute atomic E-state index is 0.442. The summed E-state index contributed by atoms with van der Waals surface area (Å²) in [6, 6.07) is 0.442. The number of hydrogen-bond donors (Lipinski definition) is 1. The summed E-state index contributed by atoms with van der Waals surface area (Å²) in [4.78, 5) is 2.36. The normalized spacial score (nSPS) is 41.2. The molecule has 2 aliphatic rings. The number of rotatable bonds is 1. The first-order chi connectivity index (χ1) is 5.81. The molecule has 0 aromatic carbocycles. The Bertz CT molecular complexity index is 206. The lowest BCUT2D eigenvalue weighted by atomic mass is 9.98. The molecule has 1 heterocycles. The highest BCUT2D eigenvalue weighted by Crippen LogP contribution is 2.36. The van der Waals surface area contributed by atoms with Crippen molar-refractivity contribution in [3.63, 3.8) is 0 Å². The Kier molecular flexibility index (Phi) is 2.08. The van der Waals surface area contributed by atoms with E-state index in [9.17, 15) is 0 Å². The molecule has 66 valence electrons. The molecule has 1 saturated heterocycles. The van der Waals surface area contributed by atoms with Crippen LogP contribution in [0.15, 0.2) is 0 Å². The molecule has 0 amide bonds. The summed E-state index contributed by atoms with van der Waals surface area (Å²) >= 11 is 0. The van der Waals surface area contributed by atoms with Crippen molar-refractivity contribution in [2.75, 3.05) is 19.6 Å². The van der Waals surface area contributed by atoms with Crippen LogP contribution in [-0.4, -0.2) is 30.6 Å². The van der Waals surface area contributed by atoms with E-state index in [0.29, 0.717) is 6.04 Å². The molecule has 2 rings (SSSR count). The first-order valence-corrected chi connectivity index (χ1v) is 4.72. The third kappa shape index (κ3) is 1.24. The summed E-state index contributed by atoms with van der Waals surface area (Å²) in [6.45, 7) is 3.12. The zero-order chi connectivity index (χ0) is 8.55. The molecule has 2 nitrogen and oxygen atoms in total. The number of nitrogens with two attached hydrogens (primary N) is 1. The van der Waals surface area contributed by atoms with Crippen LogP contribution in [-0.2, 0) is 0 Å². The van der Waals surface area contributed by atoms with E-state index in [1.165, 1.54) is 19.4 Å². The number of hydrogen-bond acceptors (Lipinski definition) is 2. The molecule has 1 aliphatic carbocycles. The van der Waals surface area contributed by atoms with E-state index in [0.717, 1.165) is 24.9 Å². The second-order valence-electron chi connectivity index (χ2n) is 4.06. The minimum atomic E-state index is 0.442. The quantitative estimate of drug-likeness (QED) is 0.564. The topological polar surface area (TPSA) is 29.3 Å². The zero-order valence-electron chi connectivity index (χ0n) is 7.37. The Labute approximate surface area is 74.1 Å². The maximum Gasteiger partial charge on any atom is 0.0599 e. The number of likely N-dealkylation sites (tertiary alicyclic amines) is 1. The summed E-state index contributed by atoms with van der Waals surface area (Å²) in [7, 11) is 0. The lowest BCUT2D eigenvalue weighted by Gasteiger charge is -2.15. The van der Waals surface area contributed by atoms with Gasteiger partial charge in [-0.15, -0.1) is 6.42 Å². The maximum absolute atomic E-state index is 6.00. The first-order valence-electron chi connectivity index (χ1n) is 4.72. The van der Waals surface area contributed by atoms with E-state index >= 15 is 0 Å². The molecule has 0 aromatic heterocycles. The third-order valence-corrected chi connectivity index (χ3v) is 3.30. The molecule has 0 bridgehead atoms. The summed E-state index contributed by atoms with van der Waals surface area (Å²) in [5, 5.41) is 0. The van der Waals surface area contributed by atoms with Crippen molar-refractivity contribution in [1.29, 1.82) is 0 Å². The molecule has 2 fully saturated rings. The van der Waals surface area contributed by atoms with E-state index in [4.69, 9.17) is 12.2 Å². The minimum Gasteiger partial charge on any atom is -0.327 e. The molecule has 1 unspecified atom stereocenters. The largest absolute Gasteiger partial charge is 0.327 e. The average molecular weight is 164 g/mol. The van der Waals surface area contributed by atoms with E-state index < -0.39 is 0 Å². The van der Waals surface area contributed by atoms with Gasteiger partial charge < -0.3 is 5.73 Å². The molecule has 0 radical (unpaired) electrons. The summed E-state index contributed by atoms with van der Waals surface area (Å²) < 4.78 is 0. The van der Waals surface area contributed by atoms with Crippen LogP contribution >= 0.6 is 0 Å². The lowest BCUT2D eigenvalue weighted by Crippen LogP contribution is -2.30. The van der Waals surface area contributed by atoms with E-state index in [2.05, 4.69) is 10.8 Å². The second-order valence-corrected chi connectivity index (χ2v) is 4.06. The fourth-order valence-corrected chi connectivity index (χ4v) is 2.66. The monoisotopic (exact) mass is 164 g/mol. The van der Waals surface area contributed by atoms with Crippen LogP contribution in [0.1, 0.15) is 12.8 Å². The molecule has 2 heteroatoms. The molecule has 0 aromatic rings. The van der Waals surface area contributed by atoms with Crippen LogP contribution in [0.25, 0.3) is 0 Å². The third-order valence-electron chi connectivity index (χ3n) is 3.30. The van der Waals surface area contributed by atoms with Crippen LogP contribution in [0, 0.1) is 24.2 Å². The van der Waals surface area contributed by atoms with Gasteiger partial charge in [-0.05, 0) is 24.7 Å². The van der Waals surface area contributed by atoms with Gasteiger partial charge in [-0.25, -0.2) is 0 Å². The van der Waals surface area contributed by atoms with Crippen molar-refractivity contribution in [2.45, 2.75) is 18.9 Å². The summed E-state index contributed by atoms with van der Waals surface area (Å²) in [6.07, 6.45) is 7.80. The summed E-state index contributed by atoms with van der Waals surface area (Å²) in [5.74, 6) is 4.27. The lowest BCUT2D eigenvalue weighted by molar-refractivity contribution is 0.341. The Balaban J connectivity index is 1.95. The Morgan fingerprint density at radius 3 is 2.92 bits per heavy atom. The fraction of sp³-hybridized carbons (Fsp3) is 0.800. The van der Waals surface area contributed by atoms with Crippen molar-refractivity contribution in [3.05, 3.63) is 0 Å². The van der Waals surface area contributed by atoms with Gasteiger partial charge in [0.15, 0.2) is 0 Å². The Morgan fingerprint density at radius 2 is 2.25 bits per heavy atom. The van der Waals surface area contributed by atoms with Crippen molar-refractivity contribution in [1.82, 2.24) is 4.90 Å². The molecular weight excluding hydrogens is 148 g/mol. The smallest absolute Gasteiger partial charge is 0.0599 e.